The molecule has 0 spiro atoms. The maximum Gasteiger partial charge on any atom is 0.161 e. The summed E-state index contributed by atoms with van der Waals surface area (Å²) in [6.45, 7) is 2.03. The number of aromatic nitrogens is 4. The van der Waals surface area contributed by atoms with Crippen molar-refractivity contribution in [3.8, 4) is 0 Å². The lowest BCUT2D eigenvalue weighted by molar-refractivity contribution is -0.00940. The summed E-state index contributed by atoms with van der Waals surface area (Å²) in [4.78, 5) is 9.85. The van der Waals surface area contributed by atoms with Gasteiger partial charge in [0.15, 0.2) is 5.82 Å². The van der Waals surface area contributed by atoms with Crippen molar-refractivity contribution < 1.29 is 4.39 Å². The highest BCUT2D eigenvalue weighted by Crippen LogP contribution is 2.60. The van der Waals surface area contributed by atoms with Crippen LogP contribution in [-0.2, 0) is 5.41 Å². The smallest absolute Gasteiger partial charge is 0.161 e. The van der Waals surface area contributed by atoms with Gasteiger partial charge in [-0.1, -0.05) is 0 Å². The summed E-state index contributed by atoms with van der Waals surface area (Å²) < 4.78 is 13.7. The van der Waals surface area contributed by atoms with Crippen molar-refractivity contribution in [3.05, 3.63) is 41.6 Å². The number of aromatic amines is 1. The van der Waals surface area contributed by atoms with Crippen LogP contribution in [0.1, 0.15) is 50.0 Å². The van der Waals surface area contributed by atoms with E-state index in [0.717, 1.165) is 46.0 Å². The molecule has 4 bridgehead atoms. The first kappa shape index (κ1) is 16.5. The van der Waals surface area contributed by atoms with Crippen LogP contribution in [0.15, 0.2) is 24.3 Å². The lowest BCUT2D eigenvalue weighted by Crippen LogP contribution is -2.49. The van der Waals surface area contributed by atoms with E-state index in [9.17, 15) is 4.39 Å². The molecule has 1 aromatic carbocycles. The predicted molar refractivity (Wildman–Crippen MR) is 106 cm³/mol. The van der Waals surface area contributed by atoms with Crippen molar-refractivity contribution in [2.75, 3.05) is 5.32 Å². The average molecular weight is 377 g/mol. The third-order valence-electron chi connectivity index (χ3n) is 7.14. The molecule has 0 amide bonds. The van der Waals surface area contributed by atoms with Crippen LogP contribution in [0.4, 0.5) is 16.0 Å². The van der Waals surface area contributed by atoms with Gasteiger partial charge in [0, 0.05) is 22.6 Å². The largest absolute Gasteiger partial charge is 0.323 e. The molecule has 4 saturated carbocycles. The first-order valence-corrected chi connectivity index (χ1v) is 10.3. The zero-order chi connectivity index (χ0) is 18.9. The highest BCUT2D eigenvalue weighted by molar-refractivity contribution is 5.91. The number of benzene rings is 1. The third kappa shape index (κ3) is 2.54. The van der Waals surface area contributed by atoms with Gasteiger partial charge in [-0.05, 0) is 81.4 Å². The molecule has 28 heavy (non-hydrogen) atoms. The molecule has 4 aliphatic rings. The SMILES string of the molecule is Cc1cc(Nc2n[nH]c3ccc(F)cc23)nc(C23CC4CC(CC(C4)C2)C3)n1. The van der Waals surface area contributed by atoms with Gasteiger partial charge in [-0.2, -0.15) is 5.10 Å². The van der Waals surface area contributed by atoms with Gasteiger partial charge in [0.25, 0.3) is 0 Å². The Bertz CT molecular complexity index is 1040. The van der Waals surface area contributed by atoms with Crippen LogP contribution >= 0.6 is 0 Å². The van der Waals surface area contributed by atoms with Gasteiger partial charge in [-0.25, -0.2) is 14.4 Å². The summed E-state index contributed by atoms with van der Waals surface area (Å²) in [5.41, 5.74) is 1.92. The summed E-state index contributed by atoms with van der Waals surface area (Å²) in [7, 11) is 0. The Morgan fingerprint density at radius 3 is 2.46 bits per heavy atom. The maximum atomic E-state index is 13.7. The fourth-order valence-electron chi connectivity index (χ4n) is 6.46. The Hall–Kier alpha value is -2.50. The van der Waals surface area contributed by atoms with Gasteiger partial charge in [-0.3, -0.25) is 5.10 Å². The number of rotatable bonds is 3. The van der Waals surface area contributed by atoms with Gasteiger partial charge >= 0.3 is 0 Å². The molecule has 6 heteroatoms. The van der Waals surface area contributed by atoms with Crippen molar-refractivity contribution in [1.29, 1.82) is 0 Å². The quantitative estimate of drug-likeness (QED) is 0.673. The molecule has 2 heterocycles. The van der Waals surface area contributed by atoms with Crippen LogP contribution in [0.25, 0.3) is 10.9 Å². The van der Waals surface area contributed by atoms with E-state index >= 15 is 0 Å². The summed E-state index contributed by atoms with van der Waals surface area (Å²) in [5, 5.41) is 11.3. The number of anilines is 2. The fraction of sp³-hybridized carbons (Fsp3) is 0.500. The molecule has 4 fully saturated rings. The van der Waals surface area contributed by atoms with Crippen molar-refractivity contribution in [2.45, 2.75) is 50.9 Å². The predicted octanol–water partition coefficient (Wildman–Crippen LogP) is 5.01. The van der Waals surface area contributed by atoms with E-state index in [0.29, 0.717) is 5.82 Å². The topological polar surface area (TPSA) is 66.5 Å². The minimum Gasteiger partial charge on any atom is -0.323 e. The maximum absolute atomic E-state index is 13.7. The molecule has 0 atom stereocenters. The molecule has 2 aromatic heterocycles. The number of nitrogens with zero attached hydrogens (tertiary/aromatic N) is 3. The average Bonchev–Trinajstić information content (AvgIpc) is 3.02. The van der Waals surface area contributed by atoms with E-state index in [4.69, 9.17) is 9.97 Å². The third-order valence-corrected chi connectivity index (χ3v) is 7.14. The Morgan fingerprint density at radius 1 is 1.04 bits per heavy atom. The van der Waals surface area contributed by atoms with Crippen molar-refractivity contribution in [2.24, 2.45) is 17.8 Å². The summed E-state index contributed by atoms with van der Waals surface area (Å²) in [6.07, 6.45) is 7.91. The second-order valence-corrected chi connectivity index (χ2v) is 9.30. The number of aryl methyl sites for hydroxylation is 1. The van der Waals surface area contributed by atoms with E-state index in [1.807, 2.05) is 13.0 Å². The zero-order valence-electron chi connectivity index (χ0n) is 16.0. The van der Waals surface area contributed by atoms with Crippen LogP contribution in [-0.4, -0.2) is 20.2 Å². The lowest BCUT2D eigenvalue weighted by Gasteiger charge is -2.56. The number of fused-ring (bicyclic) bond motifs is 1. The molecule has 0 aliphatic heterocycles. The van der Waals surface area contributed by atoms with Crippen LogP contribution < -0.4 is 5.32 Å². The summed E-state index contributed by atoms with van der Waals surface area (Å²) in [6, 6.07) is 6.58. The molecule has 3 aromatic rings. The number of halogens is 1. The minimum absolute atomic E-state index is 0.150. The standard InChI is InChI=1S/C22H24FN5/c1-12-4-19(25-20-17-8-16(23)2-3-18(17)27-28-20)26-21(24-12)22-9-13-5-14(10-22)7-15(6-13)11-22/h2-4,8,13-15H,5-7,9-11H2,1H3,(H2,24,25,26,27,28). The number of hydrogen-bond donors (Lipinski definition) is 2. The van der Waals surface area contributed by atoms with Crippen molar-refractivity contribution in [3.63, 3.8) is 0 Å². The van der Waals surface area contributed by atoms with E-state index < -0.39 is 0 Å². The van der Waals surface area contributed by atoms with E-state index in [1.165, 1.54) is 50.7 Å². The van der Waals surface area contributed by atoms with Crippen molar-refractivity contribution >= 4 is 22.5 Å². The molecule has 7 rings (SSSR count). The van der Waals surface area contributed by atoms with E-state index in [2.05, 4.69) is 15.5 Å². The first-order chi connectivity index (χ1) is 13.6. The van der Waals surface area contributed by atoms with Gasteiger partial charge in [0.05, 0.1) is 5.52 Å². The molecule has 0 unspecified atom stereocenters. The lowest BCUT2D eigenvalue weighted by atomic mass is 9.49. The minimum atomic E-state index is -0.273. The highest BCUT2D eigenvalue weighted by Gasteiger charge is 2.53. The second kappa shape index (κ2) is 5.75. The Kier molecular flexibility index (Phi) is 3.38. The van der Waals surface area contributed by atoms with Gasteiger partial charge in [-0.15, -0.1) is 0 Å². The first-order valence-electron chi connectivity index (χ1n) is 10.3. The summed E-state index contributed by atoms with van der Waals surface area (Å²) >= 11 is 0. The number of H-pyrrole nitrogens is 1. The summed E-state index contributed by atoms with van der Waals surface area (Å²) in [5.74, 6) is 4.63. The number of nitrogens with one attached hydrogen (secondary N) is 2. The van der Waals surface area contributed by atoms with Gasteiger partial charge in [0.1, 0.15) is 17.5 Å². The van der Waals surface area contributed by atoms with Crippen LogP contribution in [0.2, 0.25) is 0 Å². The Morgan fingerprint density at radius 2 is 1.75 bits per heavy atom. The van der Waals surface area contributed by atoms with Crippen molar-refractivity contribution in [1.82, 2.24) is 20.2 Å². The molecule has 4 aliphatic carbocycles. The molecule has 5 nitrogen and oxygen atoms in total. The molecular formula is C22H24FN5. The second-order valence-electron chi connectivity index (χ2n) is 9.30. The van der Waals surface area contributed by atoms with Crippen LogP contribution in [0.5, 0.6) is 0 Å². The van der Waals surface area contributed by atoms with Crippen LogP contribution in [0, 0.1) is 30.5 Å². The van der Waals surface area contributed by atoms with Gasteiger partial charge < -0.3 is 5.32 Å². The van der Waals surface area contributed by atoms with E-state index in [1.54, 1.807) is 6.07 Å². The molecular weight excluding hydrogens is 353 g/mol. The van der Waals surface area contributed by atoms with E-state index in [-0.39, 0.29) is 11.2 Å². The molecule has 2 N–H and O–H groups in total. The molecule has 0 saturated heterocycles. The monoisotopic (exact) mass is 377 g/mol. The zero-order valence-corrected chi connectivity index (χ0v) is 16.0. The van der Waals surface area contributed by atoms with Gasteiger partial charge in [0.2, 0.25) is 0 Å². The normalized spacial score (nSPS) is 30.9. The molecule has 144 valence electrons. The number of hydrogen-bond acceptors (Lipinski definition) is 4. The fourth-order valence-corrected chi connectivity index (χ4v) is 6.46. The Labute approximate surface area is 163 Å². The molecule has 0 radical (unpaired) electrons. The highest BCUT2D eigenvalue weighted by atomic mass is 19.1. The van der Waals surface area contributed by atoms with Crippen LogP contribution in [0.3, 0.4) is 0 Å². The Balaban J connectivity index is 1.38.